The molecule has 0 atom stereocenters. The fourth-order valence-electron chi connectivity index (χ4n) is 3.18. The molecular formula is C21H26N4O2S. The lowest BCUT2D eigenvalue weighted by Crippen LogP contribution is -2.30. The van der Waals surface area contributed by atoms with Gasteiger partial charge in [0.1, 0.15) is 0 Å². The van der Waals surface area contributed by atoms with Gasteiger partial charge in [0.2, 0.25) is 11.7 Å². The van der Waals surface area contributed by atoms with Crippen LogP contribution in [0.3, 0.4) is 0 Å². The van der Waals surface area contributed by atoms with Gasteiger partial charge in [-0.15, -0.1) is 11.3 Å². The van der Waals surface area contributed by atoms with E-state index in [1.807, 2.05) is 31.4 Å². The SMILES string of the molecule is Cc1cc(C)c(NC(=O)NCCCCCc2nc(-c3cccs3)no2)c(C)c1. The first kappa shape index (κ1) is 20.1. The van der Waals surface area contributed by atoms with Crippen molar-refractivity contribution >= 4 is 23.1 Å². The lowest BCUT2D eigenvalue weighted by Gasteiger charge is -2.13. The number of thiophene rings is 1. The van der Waals surface area contributed by atoms with E-state index in [-0.39, 0.29) is 6.03 Å². The lowest BCUT2D eigenvalue weighted by atomic mass is 10.1. The molecule has 6 nitrogen and oxygen atoms in total. The summed E-state index contributed by atoms with van der Waals surface area (Å²) in [7, 11) is 0. The molecular weight excluding hydrogens is 372 g/mol. The maximum atomic E-state index is 12.1. The number of unbranched alkanes of at least 4 members (excludes halogenated alkanes) is 2. The zero-order valence-corrected chi connectivity index (χ0v) is 17.4. The Kier molecular flexibility index (Phi) is 6.81. The summed E-state index contributed by atoms with van der Waals surface area (Å²) >= 11 is 1.60. The molecule has 2 aromatic heterocycles. The average molecular weight is 399 g/mol. The van der Waals surface area contributed by atoms with Crippen molar-refractivity contribution in [2.45, 2.75) is 46.5 Å². The fourth-order valence-corrected chi connectivity index (χ4v) is 3.83. The molecule has 0 unspecified atom stereocenters. The van der Waals surface area contributed by atoms with Crippen LogP contribution in [0.4, 0.5) is 10.5 Å². The summed E-state index contributed by atoms with van der Waals surface area (Å²) in [5, 5.41) is 11.9. The number of carbonyl (C=O) groups is 1. The number of rotatable bonds is 8. The van der Waals surface area contributed by atoms with Crippen LogP contribution in [0.1, 0.15) is 41.8 Å². The smallest absolute Gasteiger partial charge is 0.319 e. The van der Waals surface area contributed by atoms with E-state index in [0.29, 0.717) is 18.3 Å². The van der Waals surface area contributed by atoms with Crippen molar-refractivity contribution in [3.63, 3.8) is 0 Å². The number of hydrogen-bond donors (Lipinski definition) is 2. The molecule has 2 heterocycles. The van der Waals surface area contributed by atoms with Gasteiger partial charge < -0.3 is 15.2 Å². The van der Waals surface area contributed by atoms with Gasteiger partial charge in [0.15, 0.2) is 0 Å². The first-order chi connectivity index (χ1) is 13.5. The monoisotopic (exact) mass is 398 g/mol. The van der Waals surface area contributed by atoms with Crippen molar-refractivity contribution in [3.8, 4) is 10.7 Å². The standard InChI is InChI=1S/C21H26N4O2S/c1-14-12-15(2)19(16(3)13-14)24-21(26)22-10-6-4-5-9-18-23-20(25-27-18)17-8-7-11-28-17/h7-8,11-13H,4-6,9-10H2,1-3H3,(H2,22,24,26). The highest BCUT2D eigenvalue weighted by Gasteiger charge is 2.10. The van der Waals surface area contributed by atoms with Crippen LogP contribution in [0.15, 0.2) is 34.2 Å². The van der Waals surface area contributed by atoms with E-state index in [9.17, 15) is 4.79 Å². The van der Waals surface area contributed by atoms with Gasteiger partial charge in [-0.25, -0.2) is 4.79 Å². The van der Waals surface area contributed by atoms with Crippen LogP contribution >= 0.6 is 11.3 Å². The number of aryl methyl sites for hydroxylation is 4. The largest absolute Gasteiger partial charge is 0.339 e. The van der Waals surface area contributed by atoms with Gasteiger partial charge in [0.05, 0.1) is 4.88 Å². The summed E-state index contributed by atoms with van der Waals surface area (Å²) in [6.07, 6.45) is 3.60. The van der Waals surface area contributed by atoms with Crippen molar-refractivity contribution in [1.29, 1.82) is 0 Å². The Morgan fingerprint density at radius 1 is 1.14 bits per heavy atom. The Labute approximate surface area is 169 Å². The van der Waals surface area contributed by atoms with Gasteiger partial charge in [0, 0.05) is 18.7 Å². The summed E-state index contributed by atoms with van der Waals surface area (Å²) < 4.78 is 5.30. The molecule has 0 saturated carbocycles. The lowest BCUT2D eigenvalue weighted by molar-refractivity contribution is 0.252. The molecule has 0 radical (unpaired) electrons. The maximum absolute atomic E-state index is 12.1. The van der Waals surface area contributed by atoms with Crippen LogP contribution in [0.5, 0.6) is 0 Å². The predicted molar refractivity (Wildman–Crippen MR) is 113 cm³/mol. The first-order valence-corrected chi connectivity index (χ1v) is 10.4. The topological polar surface area (TPSA) is 80.0 Å². The number of urea groups is 1. The minimum absolute atomic E-state index is 0.160. The molecule has 3 aromatic rings. The zero-order valence-electron chi connectivity index (χ0n) is 16.5. The van der Waals surface area contributed by atoms with Crippen LogP contribution in [0, 0.1) is 20.8 Å². The van der Waals surface area contributed by atoms with E-state index in [1.54, 1.807) is 11.3 Å². The molecule has 0 fully saturated rings. The third-order valence-electron chi connectivity index (χ3n) is 4.48. The molecule has 0 bridgehead atoms. The highest BCUT2D eigenvalue weighted by molar-refractivity contribution is 7.13. The number of benzene rings is 1. The Morgan fingerprint density at radius 2 is 1.93 bits per heavy atom. The van der Waals surface area contributed by atoms with E-state index in [2.05, 4.69) is 39.8 Å². The molecule has 2 N–H and O–H groups in total. The second-order valence-electron chi connectivity index (χ2n) is 6.95. The van der Waals surface area contributed by atoms with Crippen LogP contribution in [-0.2, 0) is 6.42 Å². The Balaban J connectivity index is 1.33. The number of carbonyl (C=O) groups excluding carboxylic acids is 1. The van der Waals surface area contributed by atoms with Crippen molar-refractivity contribution in [2.75, 3.05) is 11.9 Å². The van der Waals surface area contributed by atoms with Crippen LogP contribution in [-0.4, -0.2) is 22.7 Å². The number of hydrogen-bond acceptors (Lipinski definition) is 5. The molecule has 3 rings (SSSR count). The van der Waals surface area contributed by atoms with Crippen molar-refractivity contribution in [3.05, 3.63) is 52.2 Å². The third kappa shape index (κ3) is 5.42. The van der Waals surface area contributed by atoms with Gasteiger partial charge in [-0.05, 0) is 56.2 Å². The number of aromatic nitrogens is 2. The van der Waals surface area contributed by atoms with E-state index in [0.717, 1.165) is 47.4 Å². The molecule has 0 aliphatic carbocycles. The Hall–Kier alpha value is -2.67. The van der Waals surface area contributed by atoms with Crippen molar-refractivity contribution < 1.29 is 9.32 Å². The number of amides is 2. The highest BCUT2D eigenvalue weighted by Crippen LogP contribution is 2.22. The molecule has 28 heavy (non-hydrogen) atoms. The Bertz CT molecular complexity index is 895. The third-order valence-corrected chi connectivity index (χ3v) is 5.34. The first-order valence-electron chi connectivity index (χ1n) is 9.52. The van der Waals surface area contributed by atoms with E-state index in [1.165, 1.54) is 5.56 Å². The zero-order chi connectivity index (χ0) is 19.9. The van der Waals surface area contributed by atoms with Gasteiger partial charge in [0.25, 0.3) is 0 Å². The summed E-state index contributed by atoms with van der Waals surface area (Å²) in [4.78, 5) is 17.6. The summed E-state index contributed by atoms with van der Waals surface area (Å²) in [5.41, 5.74) is 4.24. The van der Waals surface area contributed by atoms with E-state index >= 15 is 0 Å². The molecule has 2 amide bonds. The number of anilines is 1. The van der Waals surface area contributed by atoms with Crippen LogP contribution in [0.2, 0.25) is 0 Å². The number of nitrogens with one attached hydrogen (secondary N) is 2. The van der Waals surface area contributed by atoms with Gasteiger partial charge in [-0.2, -0.15) is 4.98 Å². The van der Waals surface area contributed by atoms with Crippen molar-refractivity contribution in [2.24, 2.45) is 0 Å². The maximum Gasteiger partial charge on any atom is 0.319 e. The summed E-state index contributed by atoms with van der Waals surface area (Å²) in [6.45, 7) is 6.72. The summed E-state index contributed by atoms with van der Waals surface area (Å²) in [5.74, 6) is 1.32. The quantitative estimate of drug-likeness (QED) is 0.507. The molecule has 0 aliphatic rings. The summed E-state index contributed by atoms with van der Waals surface area (Å²) in [6, 6.07) is 7.94. The normalized spacial score (nSPS) is 10.8. The molecule has 0 saturated heterocycles. The predicted octanol–water partition coefficient (Wildman–Crippen LogP) is 5.26. The second kappa shape index (κ2) is 9.50. The minimum Gasteiger partial charge on any atom is -0.339 e. The molecule has 148 valence electrons. The molecule has 0 aliphatic heterocycles. The average Bonchev–Trinajstić information content (AvgIpc) is 3.32. The van der Waals surface area contributed by atoms with Gasteiger partial charge in [-0.3, -0.25) is 0 Å². The van der Waals surface area contributed by atoms with Crippen LogP contribution < -0.4 is 10.6 Å². The fraction of sp³-hybridized carbons (Fsp3) is 0.381. The van der Waals surface area contributed by atoms with E-state index < -0.39 is 0 Å². The second-order valence-corrected chi connectivity index (χ2v) is 7.90. The minimum atomic E-state index is -0.160. The van der Waals surface area contributed by atoms with Crippen molar-refractivity contribution in [1.82, 2.24) is 15.5 Å². The molecule has 1 aromatic carbocycles. The number of nitrogens with zero attached hydrogens (tertiary/aromatic N) is 2. The highest BCUT2D eigenvalue weighted by atomic mass is 32.1. The van der Waals surface area contributed by atoms with Crippen LogP contribution in [0.25, 0.3) is 10.7 Å². The van der Waals surface area contributed by atoms with Gasteiger partial charge >= 0.3 is 6.03 Å². The van der Waals surface area contributed by atoms with E-state index in [4.69, 9.17) is 4.52 Å². The molecule has 7 heteroatoms. The Morgan fingerprint density at radius 3 is 2.64 bits per heavy atom. The van der Waals surface area contributed by atoms with Gasteiger partial charge in [-0.1, -0.05) is 35.3 Å². The molecule has 0 spiro atoms.